The van der Waals surface area contributed by atoms with Gasteiger partial charge in [-0.3, -0.25) is 0 Å². The van der Waals surface area contributed by atoms with E-state index in [1.165, 1.54) is 0 Å². The molecule has 0 aliphatic heterocycles. The van der Waals surface area contributed by atoms with Gasteiger partial charge in [0.05, 0.1) is 34.9 Å². The maximum Gasteiger partial charge on any atom is 0.0992 e. The van der Waals surface area contributed by atoms with Gasteiger partial charge in [0.2, 0.25) is 0 Å². The van der Waals surface area contributed by atoms with Crippen LogP contribution >= 0.6 is 0 Å². The second-order valence-electron chi connectivity index (χ2n) is 16.3. The number of hydrogen-bond acceptors (Lipinski definition) is 3. The fourth-order valence-electron chi connectivity index (χ4n) is 8.98. The first-order valence-corrected chi connectivity index (χ1v) is 21.8. The molecule has 306 valence electrons. The zero-order valence-electron chi connectivity index (χ0n) is 35.9. The van der Waals surface area contributed by atoms with Crippen molar-refractivity contribution in [3.63, 3.8) is 0 Å². The zero-order valence-corrected chi connectivity index (χ0v) is 35.9. The van der Waals surface area contributed by atoms with Crippen molar-refractivity contribution in [2.75, 3.05) is 0 Å². The molecule has 0 saturated carbocycles. The molecule has 10 rings (SSSR count). The van der Waals surface area contributed by atoms with Crippen molar-refractivity contribution in [1.82, 2.24) is 0 Å². The van der Waals surface area contributed by atoms with E-state index in [9.17, 15) is 15.8 Å². The molecule has 0 unspecified atom stereocenters. The molecule has 0 amide bonds. The Morgan fingerprint density at radius 2 is 0.364 bits per heavy atom. The van der Waals surface area contributed by atoms with E-state index in [1.54, 1.807) is 0 Å². The molecule has 0 aliphatic carbocycles. The molecule has 0 aliphatic rings. The SMILES string of the molecule is N#Cc1cc(-c2cc(-c3cc(C#N)cc(-c4ccccc4-c4ccccc4)c3)cc(-c3cc(C#N)cc(-c4ccccc4-c4ccccc4)c3)c2)cc(-c2ccccc2-c2ccccc2)c1. The van der Waals surface area contributed by atoms with Crippen LogP contribution < -0.4 is 0 Å². The highest BCUT2D eigenvalue weighted by Crippen LogP contribution is 2.42. The van der Waals surface area contributed by atoms with E-state index in [1.807, 2.05) is 127 Å². The van der Waals surface area contributed by atoms with Crippen LogP contribution in [-0.4, -0.2) is 0 Å². The van der Waals surface area contributed by atoms with E-state index in [0.29, 0.717) is 16.7 Å². The molecular weight excluding hydrogens is 799 g/mol. The minimum absolute atomic E-state index is 0.537. The van der Waals surface area contributed by atoms with Gasteiger partial charge in [-0.25, -0.2) is 0 Å². The van der Waals surface area contributed by atoms with Crippen LogP contribution in [0.4, 0.5) is 0 Å². The Balaban J connectivity index is 1.20. The Kier molecular flexibility index (Phi) is 11.2. The van der Waals surface area contributed by atoms with Gasteiger partial charge < -0.3 is 0 Å². The van der Waals surface area contributed by atoms with Gasteiger partial charge in [0, 0.05) is 0 Å². The molecule has 0 bridgehead atoms. The van der Waals surface area contributed by atoms with Crippen LogP contribution in [0.15, 0.2) is 237 Å². The van der Waals surface area contributed by atoms with Crippen molar-refractivity contribution < 1.29 is 0 Å². The van der Waals surface area contributed by atoms with E-state index in [-0.39, 0.29) is 0 Å². The number of nitrogens with zero attached hydrogens (tertiary/aromatic N) is 3. The van der Waals surface area contributed by atoms with Gasteiger partial charge in [0.25, 0.3) is 0 Å². The number of rotatable bonds is 9. The maximum absolute atomic E-state index is 10.5. The Labute approximate surface area is 385 Å². The lowest BCUT2D eigenvalue weighted by molar-refractivity contribution is 1.46. The van der Waals surface area contributed by atoms with E-state index in [4.69, 9.17) is 0 Å². The predicted molar refractivity (Wildman–Crippen MR) is 270 cm³/mol. The summed E-state index contributed by atoms with van der Waals surface area (Å²) >= 11 is 0. The zero-order chi connectivity index (χ0) is 44.8. The molecule has 0 radical (unpaired) electrons. The molecule has 3 heteroatoms. The molecule has 66 heavy (non-hydrogen) atoms. The predicted octanol–water partition coefficient (Wildman–Crippen LogP) is 16.3. The lowest BCUT2D eigenvalue weighted by Gasteiger charge is -2.17. The minimum Gasteiger partial charge on any atom is -0.192 e. The van der Waals surface area contributed by atoms with E-state index in [0.717, 1.165) is 100 Å². The third-order valence-corrected chi connectivity index (χ3v) is 12.1. The molecule has 0 aromatic heterocycles. The molecule has 0 atom stereocenters. The smallest absolute Gasteiger partial charge is 0.0992 e. The van der Waals surface area contributed by atoms with Crippen LogP contribution in [0.2, 0.25) is 0 Å². The highest BCUT2D eigenvalue weighted by Gasteiger charge is 2.17. The summed E-state index contributed by atoms with van der Waals surface area (Å²) in [4.78, 5) is 0. The second kappa shape index (κ2) is 18.2. The largest absolute Gasteiger partial charge is 0.192 e. The number of benzene rings is 10. The molecule has 0 N–H and O–H groups in total. The molecule has 10 aromatic rings. The molecule has 0 fully saturated rings. The van der Waals surface area contributed by atoms with Crippen molar-refractivity contribution in [2.24, 2.45) is 0 Å². The Morgan fingerprint density at radius 1 is 0.182 bits per heavy atom. The first-order valence-electron chi connectivity index (χ1n) is 21.8. The third kappa shape index (κ3) is 8.31. The summed E-state index contributed by atoms with van der Waals surface area (Å²) in [6, 6.07) is 87.7. The first kappa shape index (κ1) is 40.7. The highest BCUT2D eigenvalue weighted by atomic mass is 14.3. The normalized spacial score (nSPS) is 10.7. The van der Waals surface area contributed by atoms with Gasteiger partial charge in [-0.1, -0.05) is 164 Å². The van der Waals surface area contributed by atoms with Gasteiger partial charge in [0.1, 0.15) is 0 Å². The van der Waals surface area contributed by atoms with Gasteiger partial charge in [-0.15, -0.1) is 0 Å². The highest BCUT2D eigenvalue weighted by molar-refractivity contribution is 5.92. The second-order valence-corrected chi connectivity index (χ2v) is 16.3. The quantitative estimate of drug-likeness (QED) is 0.145. The van der Waals surface area contributed by atoms with Gasteiger partial charge in [0.15, 0.2) is 0 Å². The average Bonchev–Trinajstić information content (AvgIpc) is 3.41. The van der Waals surface area contributed by atoms with Gasteiger partial charge >= 0.3 is 0 Å². The van der Waals surface area contributed by atoms with Crippen LogP contribution in [0, 0.1) is 34.0 Å². The Bertz CT molecular complexity index is 3160. The van der Waals surface area contributed by atoms with Crippen LogP contribution in [0.5, 0.6) is 0 Å². The fraction of sp³-hybridized carbons (Fsp3) is 0. The van der Waals surface area contributed by atoms with Gasteiger partial charge in [-0.05, 0) is 173 Å². The summed E-state index contributed by atoms with van der Waals surface area (Å²) in [6.45, 7) is 0. The van der Waals surface area contributed by atoms with Crippen molar-refractivity contribution in [3.05, 3.63) is 253 Å². The van der Waals surface area contributed by atoms with E-state index in [2.05, 4.69) is 127 Å². The van der Waals surface area contributed by atoms with Gasteiger partial charge in [-0.2, -0.15) is 15.8 Å². The van der Waals surface area contributed by atoms with E-state index < -0.39 is 0 Å². The molecule has 0 heterocycles. The van der Waals surface area contributed by atoms with Crippen LogP contribution in [0.3, 0.4) is 0 Å². The average molecular weight is 838 g/mol. The van der Waals surface area contributed by atoms with Crippen molar-refractivity contribution >= 4 is 0 Å². The van der Waals surface area contributed by atoms with Crippen molar-refractivity contribution in [1.29, 1.82) is 15.8 Å². The fourth-order valence-corrected chi connectivity index (χ4v) is 8.98. The minimum atomic E-state index is 0.537. The molecule has 3 nitrogen and oxygen atoms in total. The summed E-state index contributed by atoms with van der Waals surface area (Å²) in [7, 11) is 0. The first-order chi connectivity index (χ1) is 32.5. The molecule has 0 spiro atoms. The standard InChI is InChI=1S/C63H39N3/c64-40-43-28-49(37-55(31-43)61-25-13-10-22-58(61)46-16-4-1-5-17-46)52-34-53(50-29-44(41-65)32-56(38-50)62-26-14-11-23-59(62)47-18-6-2-7-19-47)36-54(35-52)51-30-45(42-66)33-57(39-51)63-27-15-12-24-60(63)48-20-8-3-9-21-48/h1-39H. The van der Waals surface area contributed by atoms with Crippen molar-refractivity contribution in [3.8, 4) is 118 Å². The summed E-state index contributed by atoms with van der Waals surface area (Å²) < 4.78 is 0. The monoisotopic (exact) mass is 837 g/mol. The molecule has 10 aromatic carbocycles. The lowest BCUT2D eigenvalue weighted by Crippen LogP contribution is -1.92. The molecule has 0 saturated heterocycles. The Hall–Kier alpha value is -9.33. The molecular formula is C63H39N3. The third-order valence-electron chi connectivity index (χ3n) is 12.1. The van der Waals surface area contributed by atoms with Crippen LogP contribution in [-0.2, 0) is 0 Å². The summed E-state index contributed by atoms with van der Waals surface area (Å²) in [5.74, 6) is 0. The number of hydrogen-bond donors (Lipinski definition) is 0. The van der Waals surface area contributed by atoms with Crippen LogP contribution in [0.1, 0.15) is 16.7 Å². The van der Waals surface area contributed by atoms with Crippen LogP contribution in [0.25, 0.3) is 100 Å². The van der Waals surface area contributed by atoms with Crippen molar-refractivity contribution in [2.45, 2.75) is 0 Å². The van der Waals surface area contributed by atoms with E-state index >= 15 is 0 Å². The lowest BCUT2D eigenvalue weighted by atomic mass is 9.87. The summed E-state index contributed by atoms with van der Waals surface area (Å²) in [5, 5.41) is 31.6. The summed E-state index contributed by atoms with van der Waals surface area (Å²) in [6.07, 6.45) is 0. The Morgan fingerprint density at radius 3 is 0.606 bits per heavy atom. The maximum atomic E-state index is 10.5. The topological polar surface area (TPSA) is 71.4 Å². The summed E-state index contributed by atoms with van der Waals surface area (Å²) in [5.41, 5.74) is 19.2. The number of nitriles is 3.